The molecule has 1 saturated heterocycles. The van der Waals surface area contributed by atoms with Crippen LogP contribution in [-0.4, -0.2) is 86.8 Å². The van der Waals surface area contributed by atoms with E-state index in [9.17, 15) is 24.0 Å². The van der Waals surface area contributed by atoms with Crippen LogP contribution in [0.25, 0.3) is 10.9 Å². The summed E-state index contributed by atoms with van der Waals surface area (Å²) in [4.78, 5) is 67.0. The summed E-state index contributed by atoms with van der Waals surface area (Å²) in [6, 6.07) is 4.68. The number of methoxy groups -OCH3 is 1. The first-order chi connectivity index (χ1) is 18.6. The number of hydrogen-bond acceptors (Lipinski definition) is 8. The number of amides is 5. The van der Waals surface area contributed by atoms with Crippen LogP contribution in [0.1, 0.15) is 45.4 Å². The van der Waals surface area contributed by atoms with Gasteiger partial charge >= 0.3 is 0 Å². The maximum atomic E-state index is 13.6. The molecule has 3 heterocycles. The molecule has 39 heavy (non-hydrogen) atoms. The number of primary amides is 3. The molecule has 8 N–H and O–H groups in total. The molecule has 0 radical (unpaired) electrons. The van der Waals surface area contributed by atoms with Crippen molar-refractivity contribution in [1.29, 1.82) is 0 Å². The van der Waals surface area contributed by atoms with E-state index in [1.807, 2.05) is 24.3 Å². The Morgan fingerprint density at radius 1 is 1.15 bits per heavy atom. The molecule has 0 bridgehead atoms. The molecular formula is C24H29N9O6. The minimum Gasteiger partial charge on any atom is -0.375 e. The maximum Gasteiger partial charge on any atom is 0.271 e. The zero-order chi connectivity index (χ0) is 28.3. The van der Waals surface area contributed by atoms with Crippen molar-refractivity contribution in [2.75, 3.05) is 20.3 Å². The van der Waals surface area contributed by atoms with E-state index in [-0.39, 0.29) is 38.1 Å². The number of benzene rings is 1. The Labute approximate surface area is 222 Å². The van der Waals surface area contributed by atoms with E-state index in [4.69, 9.17) is 21.9 Å². The summed E-state index contributed by atoms with van der Waals surface area (Å²) < 4.78 is 6.12. The van der Waals surface area contributed by atoms with E-state index < -0.39 is 53.4 Å². The molecular weight excluding hydrogens is 510 g/mol. The van der Waals surface area contributed by atoms with Crippen molar-refractivity contribution in [2.24, 2.45) is 17.2 Å². The predicted octanol–water partition coefficient (Wildman–Crippen LogP) is -1.65. The minimum absolute atomic E-state index is 0.0261. The Hall–Kier alpha value is -4.79. The molecule has 0 saturated carbocycles. The Kier molecular flexibility index (Phi) is 7.90. The lowest BCUT2D eigenvalue weighted by molar-refractivity contribution is -0.146. The summed E-state index contributed by atoms with van der Waals surface area (Å²) in [6.07, 6.45) is 2.09. The van der Waals surface area contributed by atoms with Crippen molar-refractivity contribution in [3.63, 3.8) is 0 Å². The van der Waals surface area contributed by atoms with Crippen LogP contribution in [0.15, 0.2) is 30.5 Å². The highest BCUT2D eigenvalue weighted by Gasteiger charge is 2.40. The largest absolute Gasteiger partial charge is 0.375 e. The number of nitrogens with two attached hydrogens (primary N) is 3. The second kappa shape index (κ2) is 11.3. The molecule has 1 fully saturated rings. The van der Waals surface area contributed by atoms with E-state index in [0.29, 0.717) is 0 Å². The Balaban J connectivity index is 1.60. The summed E-state index contributed by atoms with van der Waals surface area (Å²) in [6.45, 7) is -0.191. The average Bonchev–Trinajstić information content (AvgIpc) is 3.53. The van der Waals surface area contributed by atoms with Gasteiger partial charge < -0.3 is 37.1 Å². The van der Waals surface area contributed by atoms with Crippen molar-refractivity contribution < 1.29 is 28.7 Å². The molecule has 1 aromatic carbocycles. The summed E-state index contributed by atoms with van der Waals surface area (Å²) in [5.74, 6) is -3.80. The van der Waals surface area contributed by atoms with Crippen LogP contribution in [-0.2, 0) is 25.5 Å². The first-order valence-electron chi connectivity index (χ1n) is 12.1. The number of para-hydroxylation sites is 1. The van der Waals surface area contributed by atoms with Gasteiger partial charge in [0, 0.05) is 37.2 Å². The molecule has 15 heteroatoms. The number of likely N-dealkylation sites (tertiary alicyclic amines) is 1. The lowest BCUT2D eigenvalue weighted by atomic mass is 9.95. The number of hydrogen-bond donors (Lipinski definition) is 5. The normalized spacial score (nSPS) is 18.0. The fourth-order valence-corrected chi connectivity index (χ4v) is 4.88. The van der Waals surface area contributed by atoms with E-state index in [2.05, 4.69) is 20.6 Å². The lowest BCUT2D eigenvalue weighted by Gasteiger charge is -2.39. The van der Waals surface area contributed by atoms with Gasteiger partial charge in [0.25, 0.3) is 11.8 Å². The van der Waals surface area contributed by atoms with Gasteiger partial charge in [-0.15, -0.1) is 5.10 Å². The molecule has 206 valence electrons. The Morgan fingerprint density at radius 2 is 1.90 bits per heavy atom. The molecule has 0 unspecified atom stereocenters. The molecule has 2 aromatic heterocycles. The van der Waals surface area contributed by atoms with E-state index >= 15 is 0 Å². The van der Waals surface area contributed by atoms with Gasteiger partial charge in [-0.05, 0) is 24.5 Å². The van der Waals surface area contributed by atoms with Gasteiger partial charge in [-0.2, -0.15) is 0 Å². The number of piperidine rings is 1. The number of nitrogens with zero attached hydrogens (tertiary/aromatic N) is 4. The fourth-order valence-electron chi connectivity index (χ4n) is 4.88. The molecule has 4 rings (SSSR count). The van der Waals surface area contributed by atoms with E-state index in [1.54, 1.807) is 6.20 Å². The highest BCUT2D eigenvalue weighted by molar-refractivity contribution is 6.03. The van der Waals surface area contributed by atoms with E-state index in [0.717, 1.165) is 21.1 Å². The van der Waals surface area contributed by atoms with Gasteiger partial charge in [-0.1, -0.05) is 23.4 Å². The van der Waals surface area contributed by atoms with Gasteiger partial charge in [-0.3, -0.25) is 24.0 Å². The number of carbonyl (C=O) groups excluding carboxylic acids is 5. The number of aromatic nitrogens is 4. The molecule has 1 aliphatic heterocycles. The van der Waals surface area contributed by atoms with Gasteiger partial charge in [-0.25, -0.2) is 4.68 Å². The molecule has 3 atom stereocenters. The zero-order valence-electron chi connectivity index (χ0n) is 21.1. The number of nitrogens with one attached hydrogen (secondary N) is 2. The Morgan fingerprint density at radius 3 is 2.56 bits per heavy atom. The number of H-pyrrole nitrogens is 1. The second-order valence-electron chi connectivity index (χ2n) is 9.20. The lowest BCUT2D eigenvalue weighted by Crippen LogP contribution is -2.58. The quantitative estimate of drug-likeness (QED) is 0.200. The summed E-state index contributed by atoms with van der Waals surface area (Å²) >= 11 is 0. The van der Waals surface area contributed by atoms with Crippen LogP contribution >= 0.6 is 0 Å². The van der Waals surface area contributed by atoms with Crippen molar-refractivity contribution in [2.45, 2.75) is 37.4 Å². The number of carbonyl (C=O) groups is 5. The van der Waals surface area contributed by atoms with Crippen LogP contribution in [0.3, 0.4) is 0 Å². The molecule has 15 nitrogen and oxygen atoms in total. The third-order valence-corrected chi connectivity index (χ3v) is 6.73. The first kappa shape index (κ1) is 27.3. The van der Waals surface area contributed by atoms with Crippen LogP contribution in [0.5, 0.6) is 0 Å². The summed E-state index contributed by atoms with van der Waals surface area (Å²) in [7, 11) is 1.35. The molecule has 0 aliphatic carbocycles. The van der Waals surface area contributed by atoms with Gasteiger partial charge in [0.1, 0.15) is 18.7 Å². The molecule has 5 amide bonds. The second-order valence-corrected chi connectivity index (χ2v) is 9.20. The summed E-state index contributed by atoms with van der Waals surface area (Å²) in [5.41, 5.74) is 17.3. The maximum absolute atomic E-state index is 13.6. The first-order valence-corrected chi connectivity index (χ1v) is 12.1. The number of aromatic amines is 1. The Bertz CT molecular complexity index is 1430. The average molecular weight is 540 g/mol. The smallest absolute Gasteiger partial charge is 0.271 e. The van der Waals surface area contributed by atoms with Crippen molar-refractivity contribution >= 4 is 40.4 Å². The van der Waals surface area contributed by atoms with Crippen LogP contribution in [0.4, 0.5) is 0 Å². The molecule has 0 spiro atoms. The number of rotatable bonds is 10. The number of fused-ring (bicyclic) bond motifs is 1. The highest BCUT2D eigenvalue weighted by Crippen LogP contribution is 2.29. The van der Waals surface area contributed by atoms with Gasteiger partial charge in [0.15, 0.2) is 11.4 Å². The monoisotopic (exact) mass is 539 g/mol. The predicted molar refractivity (Wildman–Crippen MR) is 136 cm³/mol. The van der Waals surface area contributed by atoms with Crippen molar-refractivity contribution in [3.8, 4) is 0 Å². The fraction of sp³-hybridized carbons (Fsp3) is 0.375. The van der Waals surface area contributed by atoms with Gasteiger partial charge in [0.2, 0.25) is 17.7 Å². The SMILES string of the molecule is COCC(=O)N1CC[C@H](n2nnc(C(N)=O)c2C(N)=O)C[C@H]1C(=O)N[C@H](Cc1c[nH]c2ccccc12)C(N)=O. The topological polar surface area (TPSA) is 234 Å². The third kappa shape index (κ3) is 5.57. The number of ether oxygens (including phenoxy) is 1. The van der Waals surface area contributed by atoms with Crippen LogP contribution in [0, 0.1) is 0 Å². The third-order valence-electron chi connectivity index (χ3n) is 6.73. The standard InChI is InChI=1S/C24H29N9O6/c1-39-11-18(34)32-7-6-13(33-20(23(27)37)19(22(26)36)30-31-33)9-17(32)24(38)29-16(21(25)35)8-12-10-28-15-5-3-2-4-14(12)15/h2-5,10,13,16-17,28H,6-9,11H2,1H3,(H2,25,35)(H2,26,36)(H2,27,37)(H,29,38)/t13-,16+,17-/m0/s1. The van der Waals surface area contributed by atoms with E-state index in [1.165, 1.54) is 12.0 Å². The summed E-state index contributed by atoms with van der Waals surface area (Å²) in [5, 5.41) is 11.1. The zero-order valence-corrected chi connectivity index (χ0v) is 21.1. The molecule has 1 aliphatic rings. The highest BCUT2D eigenvalue weighted by atomic mass is 16.5. The van der Waals surface area contributed by atoms with Gasteiger partial charge in [0.05, 0.1) is 6.04 Å². The minimum atomic E-state index is -1.09. The van der Waals surface area contributed by atoms with Crippen molar-refractivity contribution in [1.82, 2.24) is 30.2 Å². The van der Waals surface area contributed by atoms with Crippen molar-refractivity contribution in [3.05, 3.63) is 47.4 Å². The molecule has 3 aromatic rings. The van der Waals surface area contributed by atoms with Crippen LogP contribution < -0.4 is 22.5 Å². The van der Waals surface area contributed by atoms with Crippen LogP contribution in [0.2, 0.25) is 0 Å².